The van der Waals surface area contributed by atoms with Gasteiger partial charge in [0, 0.05) is 0 Å². The molecule has 5 nitrogen and oxygen atoms in total. The van der Waals surface area contributed by atoms with Gasteiger partial charge in [-0.1, -0.05) is 6.58 Å². The van der Waals surface area contributed by atoms with Gasteiger partial charge in [0.05, 0.1) is 6.04 Å². The Kier molecular flexibility index (Phi) is 5.14. The molecule has 0 aliphatic carbocycles. The number of carbonyl (C=O) groups is 1. The normalized spacial score (nSPS) is 13.1. The monoisotopic (exact) mass is 216 g/mol. The lowest BCUT2D eigenvalue weighted by atomic mass is 10.2. The molecule has 0 unspecified atom stereocenters. The van der Waals surface area contributed by atoms with Crippen molar-refractivity contribution < 1.29 is 14.6 Å². The average molecular weight is 216 g/mol. The minimum Gasteiger partial charge on any atom is -0.511 e. The number of rotatable bonds is 4. The standard InChI is InChI=1S/C10H20N2O3/c1-7(13)8(5-6-11)12-9(14)15-10(2,3)4/h8,13H,1,5-6,11H2,2-4H3,(H,12,14)/t8-/m0/s1. The van der Waals surface area contributed by atoms with E-state index in [1.807, 2.05) is 0 Å². The van der Waals surface area contributed by atoms with E-state index < -0.39 is 17.7 Å². The Balaban J connectivity index is 4.18. The number of ether oxygens (including phenoxy) is 1. The number of hydrogen-bond acceptors (Lipinski definition) is 4. The van der Waals surface area contributed by atoms with Crippen LogP contribution in [0.15, 0.2) is 12.3 Å². The highest BCUT2D eigenvalue weighted by Crippen LogP contribution is 2.08. The van der Waals surface area contributed by atoms with Crippen molar-refractivity contribution in [2.24, 2.45) is 5.73 Å². The maximum atomic E-state index is 11.3. The first-order valence-corrected chi connectivity index (χ1v) is 4.83. The predicted molar refractivity (Wildman–Crippen MR) is 58.6 cm³/mol. The molecule has 0 saturated heterocycles. The van der Waals surface area contributed by atoms with E-state index in [0.29, 0.717) is 13.0 Å². The van der Waals surface area contributed by atoms with Crippen LogP contribution in [-0.2, 0) is 4.74 Å². The highest BCUT2D eigenvalue weighted by atomic mass is 16.6. The lowest BCUT2D eigenvalue weighted by Gasteiger charge is -2.22. The number of nitrogens with two attached hydrogens (primary N) is 1. The summed E-state index contributed by atoms with van der Waals surface area (Å²) in [5, 5.41) is 11.7. The van der Waals surface area contributed by atoms with E-state index in [2.05, 4.69) is 11.9 Å². The van der Waals surface area contributed by atoms with Crippen LogP contribution in [0, 0.1) is 0 Å². The van der Waals surface area contributed by atoms with Crippen molar-refractivity contribution in [1.29, 1.82) is 0 Å². The smallest absolute Gasteiger partial charge is 0.408 e. The van der Waals surface area contributed by atoms with Gasteiger partial charge < -0.3 is 20.9 Å². The van der Waals surface area contributed by atoms with Crippen molar-refractivity contribution >= 4 is 6.09 Å². The van der Waals surface area contributed by atoms with Gasteiger partial charge in [0.25, 0.3) is 0 Å². The number of nitrogens with one attached hydrogen (secondary N) is 1. The fourth-order valence-electron chi connectivity index (χ4n) is 0.939. The molecule has 0 aliphatic rings. The first kappa shape index (κ1) is 13.8. The summed E-state index contributed by atoms with van der Waals surface area (Å²) in [5.41, 5.74) is 4.76. The van der Waals surface area contributed by atoms with Gasteiger partial charge in [-0.15, -0.1) is 0 Å². The molecule has 5 heteroatoms. The molecule has 0 rings (SSSR count). The molecular formula is C10H20N2O3. The summed E-state index contributed by atoms with van der Waals surface area (Å²) in [4.78, 5) is 11.3. The van der Waals surface area contributed by atoms with Crippen LogP contribution in [0.5, 0.6) is 0 Å². The van der Waals surface area contributed by atoms with Gasteiger partial charge in [-0.25, -0.2) is 4.79 Å². The number of amides is 1. The molecule has 88 valence electrons. The van der Waals surface area contributed by atoms with E-state index in [0.717, 1.165) is 0 Å². The second kappa shape index (κ2) is 5.60. The Morgan fingerprint density at radius 3 is 2.47 bits per heavy atom. The lowest BCUT2D eigenvalue weighted by molar-refractivity contribution is 0.0500. The zero-order valence-corrected chi connectivity index (χ0v) is 9.54. The molecule has 0 fully saturated rings. The van der Waals surface area contributed by atoms with Crippen LogP contribution in [0.25, 0.3) is 0 Å². The molecule has 1 atom stereocenters. The maximum absolute atomic E-state index is 11.3. The van der Waals surface area contributed by atoms with E-state index in [1.165, 1.54) is 0 Å². The fraction of sp³-hybridized carbons (Fsp3) is 0.700. The van der Waals surface area contributed by atoms with Crippen LogP contribution in [0.4, 0.5) is 4.79 Å². The predicted octanol–water partition coefficient (Wildman–Crippen LogP) is 1.30. The SMILES string of the molecule is C=C(O)[C@H](CCN)NC(=O)OC(C)(C)C. The Morgan fingerprint density at radius 1 is 1.60 bits per heavy atom. The lowest BCUT2D eigenvalue weighted by Crippen LogP contribution is -2.40. The third-order valence-corrected chi connectivity index (χ3v) is 1.55. The Hall–Kier alpha value is -1.23. The summed E-state index contributed by atoms with van der Waals surface area (Å²) in [6, 6.07) is -0.551. The van der Waals surface area contributed by atoms with Crippen LogP contribution in [-0.4, -0.2) is 29.4 Å². The van der Waals surface area contributed by atoms with Crippen LogP contribution >= 0.6 is 0 Å². The van der Waals surface area contributed by atoms with Gasteiger partial charge in [0.15, 0.2) is 0 Å². The fourth-order valence-corrected chi connectivity index (χ4v) is 0.939. The molecule has 0 aromatic rings. The maximum Gasteiger partial charge on any atom is 0.408 e. The number of hydrogen-bond donors (Lipinski definition) is 3. The zero-order valence-electron chi connectivity index (χ0n) is 9.54. The Labute approximate surface area is 90.3 Å². The summed E-state index contributed by atoms with van der Waals surface area (Å²) < 4.78 is 5.02. The average Bonchev–Trinajstić information content (AvgIpc) is 1.99. The first-order chi connectivity index (χ1) is 6.76. The van der Waals surface area contributed by atoms with Crippen molar-refractivity contribution in [1.82, 2.24) is 5.32 Å². The first-order valence-electron chi connectivity index (χ1n) is 4.83. The number of aliphatic hydroxyl groups is 1. The van der Waals surface area contributed by atoms with Crippen molar-refractivity contribution in [3.8, 4) is 0 Å². The molecule has 15 heavy (non-hydrogen) atoms. The number of carbonyl (C=O) groups excluding carboxylic acids is 1. The van der Waals surface area contributed by atoms with Gasteiger partial charge in [0.2, 0.25) is 0 Å². The van der Waals surface area contributed by atoms with Gasteiger partial charge in [-0.2, -0.15) is 0 Å². The van der Waals surface area contributed by atoms with E-state index >= 15 is 0 Å². The molecule has 0 spiro atoms. The molecule has 0 heterocycles. The largest absolute Gasteiger partial charge is 0.511 e. The molecule has 0 radical (unpaired) electrons. The molecule has 0 aliphatic heterocycles. The van der Waals surface area contributed by atoms with Crippen molar-refractivity contribution in [3.63, 3.8) is 0 Å². The quantitative estimate of drug-likeness (QED) is 0.618. The highest BCUT2D eigenvalue weighted by Gasteiger charge is 2.20. The molecule has 1 amide bonds. The molecule has 0 bridgehead atoms. The Bertz CT molecular complexity index is 233. The summed E-state index contributed by atoms with van der Waals surface area (Å²) in [6.45, 7) is 8.99. The molecule has 0 saturated carbocycles. The van der Waals surface area contributed by atoms with E-state index in [4.69, 9.17) is 10.5 Å². The zero-order chi connectivity index (χ0) is 12.1. The third kappa shape index (κ3) is 6.79. The topological polar surface area (TPSA) is 84.6 Å². The summed E-state index contributed by atoms with van der Waals surface area (Å²) >= 11 is 0. The van der Waals surface area contributed by atoms with Crippen molar-refractivity contribution in [3.05, 3.63) is 12.3 Å². The van der Waals surface area contributed by atoms with Crippen LogP contribution in [0.2, 0.25) is 0 Å². The Morgan fingerprint density at radius 2 is 2.13 bits per heavy atom. The van der Waals surface area contributed by atoms with Gasteiger partial charge in [-0.3, -0.25) is 0 Å². The van der Waals surface area contributed by atoms with Gasteiger partial charge in [-0.05, 0) is 33.7 Å². The third-order valence-electron chi connectivity index (χ3n) is 1.55. The van der Waals surface area contributed by atoms with Gasteiger partial charge >= 0.3 is 6.09 Å². The van der Waals surface area contributed by atoms with Crippen molar-refractivity contribution in [2.75, 3.05) is 6.54 Å². The number of aliphatic hydroxyl groups excluding tert-OH is 1. The number of alkyl carbamates (subject to hydrolysis) is 1. The van der Waals surface area contributed by atoms with Crippen LogP contribution in [0.1, 0.15) is 27.2 Å². The summed E-state index contributed by atoms with van der Waals surface area (Å²) in [7, 11) is 0. The van der Waals surface area contributed by atoms with Crippen LogP contribution < -0.4 is 11.1 Å². The van der Waals surface area contributed by atoms with E-state index in [1.54, 1.807) is 20.8 Å². The van der Waals surface area contributed by atoms with Crippen molar-refractivity contribution in [2.45, 2.75) is 38.8 Å². The highest BCUT2D eigenvalue weighted by molar-refractivity contribution is 5.68. The molecule has 4 N–H and O–H groups in total. The molecular weight excluding hydrogens is 196 g/mol. The van der Waals surface area contributed by atoms with E-state index in [-0.39, 0.29) is 5.76 Å². The second-order valence-electron chi connectivity index (χ2n) is 4.27. The van der Waals surface area contributed by atoms with Crippen LogP contribution in [0.3, 0.4) is 0 Å². The minimum absolute atomic E-state index is 0.119. The second-order valence-corrected chi connectivity index (χ2v) is 4.27. The molecule has 0 aromatic heterocycles. The van der Waals surface area contributed by atoms with Gasteiger partial charge in [0.1, 0.15) is 11.4 Å². The summed E-state index contributed by atoms with van der Waals surface area (Å²) in [5.74, 6) is -0.119. The summed E-state index contributed by atoms with van der Waals surface area (Å²) in [6.07, 6.45) is -0.162. The minimum atomic E-state index is -0.587. The molecule has 0 aromatic carbocycles. The van der Waals surface area contributed by atoms with E-state index in [9.17, 15) is 9.90 Å².